The molecule has 5 nitrogen and oxygen atoms in total. The molecule has 5 heteroatoms. The molecule has 28 heavy (non-hydrogen) atoms. The number of ether oxygens (including phenoxy) is 3. The summed E-state index contributed by atoms with van der Waals surface area (Å²) >= 11 is 0. The molecule has 2 fully saturated rings. The Labute approximate surface area is 166 Å². The number of benzene rings is 1. The molecule has 0 unspecified atom stereocenters. The number of fused-ring (bicyclic) bond motifs is 4. The van der Waals surface area contributed by atoms with Crippen LogP contribution in [0.25, 0.3) is 0 Å². The Morgan fingerprint density at radius 1 is 1.21 bits per heavy atom. The lowest BCUT2D eigenvalue weighted by Crippen LogP contribution is -2.57. The summed E-state index contributed by atoms with van der Waals surface area (Å²) in [6, 6.07) is 10.3. The van der Waals surface area contributed by atoms with Gasteiger partial charge in [0.05, 0.1) is 13.2 Å². The molecule has 0 N–H and O–H groups in total. The van der Waals surface area contributed by atoms with Gasteiger partial charge in [0.1, 0.15) is 5.60 Å². The van der Waals surface area contributed by atoms with Crippen molar-refractivity contribution >= 4 is 0 Å². The second-order valence-electron chi connectivity index (χ2n) is 8.22. The molecule has 2 saturated heterocycles. The first-order valence-corrected chi connectivity index (χ1v) is 10.4. The van der Waals surface area contributed by atoms with E-state index in [2.05, 4.69) is 22.0 Å². The second kappa shape index (κ2) is 7.37. The van der Waals surface area contributed by atoms with Crippen LogP contribution in [0.15, 0.2) is 42.7 Å². The summed E-state index contributed by atoms with van der Waals surface area (Å²) in [5.41, 5.74) is 2.28. The molecule has 0 bridgehead atoms. The number of hydrogen-bond acceptors (Lipinski definition) is 5. The Hall–Kier alpha value is -2.11. The molecule has 0 radical (unpaired) electrons. The lowest BCUT2D eigenvalue weighted by molar-refractivity contribution is -0.150. The summed E-state index contributed by atoms with van der Waals surface area (Å²) in [4.78, 5) is 6.77. The van der Waals surface area contributed by atoms with Crippen molar-refractivity contribution in [3.05, 3.63) is 53.9 Å². The van der Waals surface area contributed by atoms with E-state index in [1.54, 1.807) is 7.11 Å². The Balaban J connectivity index is 1.40. The Kier molecular flexibility index (Phi) is 4.73. The van der Waals surface area contributed by atoms with Crippen LogP contribution in [0.2, 0.25) is 0 Å². The standard InChI is InChI=1S/C23H28N2O3/c1-26-20-8-2-6-18-21-19(7-4-14-27-21)23(28-22(18)20)9-12-25(13-10-23)16-17-5-3-11-24-15-17/h2-3,5-6,8,11,15,19,21H,4,7,9-10,12-14,16H2,1H3/t19-,21+/m0/s1. The van der Waals surface area contributed by atoms with E-state index >= 15 is 0 Å². The number of rotatable bonds is 3. The SMILES string of the molecule is COc1cccc2c1OC1(CCN(Cc3cccnc3)CC1)[C@H]1CCCO[C@H]21. The average Bonchev–Trinajstić information content (AvgIpc) is 2.76. The van der Waals surface area contributed by atoms with Crippen molar-refractivity contribution in [2.24, 2.45) is 5.92 Å². The molecule has 4 heterocycles. The van der Waals surface area contributed by atoms with Crippen molar-refractivity contribution in [3.8, 4) is 11.5 Å². The van der Waals surface area contributed by atoms with Crippen LogP contribution >= 0.6 is 0 Å². The summed E-state index contributed by atoms with van der Waals surface area (Å²) in [5, 5.41) is 0. The summed E-state index contributed by atoms with van der Waals surface area (Å²) in [5.74, 6) is 2.14. The van der Waals surface area contributed by atoms with E-state index in [4.69, 9.17) is 14.2 Å². The first-order valence-electron chi connectivity index (χ1n) is 10.4. The number of methoxy groups -OCH3 is 1. The number of pyridine rings is 1. The summed E-state index contributed by atoms with van der Waals surface area (Å²) < 4.78 is 18.7. The van der Waals surface area contributed by atoms with Gasteiger partial charge in [-0.3, -0.25) is 9.88 Å². The summed E-state index contributed by atoms with van der Waals surface area (Å²) in [6.07, 6.45) is 8.25. The largest absolute Gasteiger partial charge is 0.493 e. The minimum atomic E-state index is -0.155. The maximum Gasteiger partial charge on any atom is 0.167 e. The molecule has 2 aromatic rings. The molecule has 3 aliphatic rings. The van der Waals surface area contributed by atoms with E-state index in [0.29, 0.717) is 5.92 Å². The van der Waals surface area contributed by atoms with Crippen molar-refractivity contribution in [3.63, 3.8) is 0 Å². The molecule has 0 aliphatic carbocycles. The Morgan fingerprint density at radius 2 is 2.11 bits per heavy atom. The highest BCUT2D eigenvalue weighted by atomic mass is 16.5. The summed E-state index contributed by atoms with van der Waals surface area (Å²) in [7, 11) is 1.72. The second-order valence-corrected chi connectivity index (χ2v) is 8.22. The highest BCUT2D eigenvalue weighted by Gasteiger charge is 2.53. The molecule has 0 saturated carbocycles. The quantitative estimate of drug-likeness (QED) is 0.806. The topological polar surface area (TPSA) is 43.8 Å². The fourth-order valence-corrected chi connectivity index (χ4v) is 5.24. The average molecular weight is 380 g/mol. The molecule has 3 aliphatic heterocycles. The van der Waals surface area contributed by atoms with Gasteiger partial charge in [-0.25, -0.2) is 0 Å². The minimum Gasteiger partial charge on any atom is -0.493 e. The van der Waals surface area contributed by atoms with E-state index in [1.165, 1.54) is 12.0 Å². The van der Waals surface area contributed by atoms with Crippen LogP contribution in [0.4, 0.5) is 0 Å². The number of aromatic nitrogens is 1. The first kappa shape index (κ1) is 18.0. The van der Waals surface area contributed by atoms with Gasteiger partial charge in [-0.2, -0.15) is 0 Å². The monoisotopic (exact) mass is 380 g/mol. The van der Waals surface area contributed by atoms with E-state index < -0.39 is 0 Å². The number of piperidine rings is 1. The zero-order valence-electron chi connectivity index (χ0n) is 16.5. The number of likely N-dealkylation sites (tertiary alicyclic amines) is 1. The molecule has 5 rings (SSSR count). The zero-order chi connectivity index (χ0) is 19.0. The molecular formula is C23H28N2O3. The molecule has 2 atom stereocenters. The first-order chi connectivity index (χ1) is 13.8. The van der Waals surface area contributed by atoms with E-state index in [0.717, 1.165) is 62.6 Å². The molecule has 148 valence electrons. The van der Waals surface area contributed by atoms with Gasteiger partial charge in [-0.15, -0.1) is 0 Å². The van der Waals surface area contributed by atoms with Crippen LogP contribution in [0, 0.1) is 5.92 Å². The van der Waals surface area contributed by atoms with Crippen LogP contribution in [0.1, 0.15) is 42.9 Å². The van der Waals surface area contributed by atoms with Gasteiger partial charge in [-0.05, 0) is 30.5 Å². The fourth-order valence-electron chi connectivity index (χ4n) is 5.24. The van der Waals surface area contributed by atoms with Gasteiger partial charge in [-0.1, -0.05) is 18.2 Å². The van der Waals surface area contributed by atoms with Gasteiger partial charge in [0.25, 0.3) is 0 Å². The van der Waals surface area contributed by atoms with Crippen LogP contribution < -0.4 is 9.47 Å². The normalized spacial score (nSPS) is 26.2. The number of hydrogen-bond donors (Lipinski definition) is 0. The summed E-state index contributed by atoms with van der Waals surface area (Å²) in [6.45, 7) is 3.85. The molecule has 0 amide bonds. The van der Waals surface area contributed by atoms with Crippen LogP contribution in [0.3, 0.4) is 0 Å². The van der Waals surface area contributed by atoms with Gasteiger partial charge in [0.15, 0.2) is 11.5 Å². The van der Waals surface area contributed by atoms with E-state index in [-0.39, 0.29) is 11.7 Å². The predicted molar refractivity (Wildman–Crippen MR) is 107 cm³/mol. The number of nitrogens with zero attached hydrogens (tertiary/aromatic N) is 2. The predicted octanol–water partition coefficient (Wildman–Crippen LogP) is 3.99. The van der Waals surface area contributed by atoms with Crippen molar-refractivity contribution in [2.45, 2.75) is 43.9 Å². The van der Waals surface area contributed by atoms with Crippen molar-refractivity contribution in [1.82, 2.24) is 9.88 Å². The van der Waals surface area contributed by atoms with Crippen LogP contribution in [-0.2, 0) is 11.3 Å². The third kappa shape index (κ3) is 3.07. The van der Waals surface area contributed by atoms with Gasteiger partial charge in [0.2, 0.25) is 0 Å². The minimum absolute atomic E-state index is 0.123. The Morgan fingerprint density at radius 3 is 2.89 bits per heavy atom. The highest BCUT2D eigenvalue weighted by Crippen LogP contribution is 2.55. The molecule has 1 aromatic carbocycles. The maximum absolute atomic E-state index is 6.81. The number of para-hydroxylation sites is 1. The highest BCUT2D eigenvalue weighted by molar-refractivity contribution is 5.50. The van der Waals surface area contributed by atoms with Crippen molar-refractivity contribution in [2.75, 3.05) is 26.8 Å². The van der Waals surface area contributed by atoms with Crippen LogP contribution in [-0.4, -0.2) is 42.3 Å². The smallest absolute Gasteiger partial charge is 0.167 e. The molecule has 1 spiro atoms. The third-order valence-corrected chi connectivity index (χ3v) is 6.67. The Bertz CT molecular complexity index is 818. The van der Waals surface area contributed by atoms with E-state index in [1.807, 2.05) is 30.6 Å². The van der Waals surface area contributed by atoms with Crippen molar-refractivity contribution < 1.29 is 14.2 Å². The van der Waals surface area contributed by atoms with Gasteiger partial charge >= 0.3 is 0 Å². The van der Waals surface area contributed by atoms with Crippen LogP contribution in [0.5, 0.6) is 11.5 Å². The zero-order valence-corrected chi connectivity index (χ0v) is 16.5. The lowest BCUT2D eigenvalue weighted by Gasteiger charge is -2.53. The molecular weight excluding hydrogens is 352 g/mol. The third-order valence-electron chi connectivity index (χ3n) is 6.67. The van der Waals surface area contributed by atoms with E-state index in [9.17, 15) is 0 Å². The molecule has 1 aromatic heterocycles. The van der Waals surface area contributed by atoms with Gasteiger partial charge < -0.3 is 14.2 Å². The maximum atomic E-state index is 6.81. The van der Waals surface area contributed by atoms with Gasteiger partial charge in [0, 0.05) is 63.0 Å². The van der Waals surface area contributed by atoms with Crippen molar-refractivity contribution in [1.29, 1.82) is 0 Å². The lowest BCUT2D eigenvalue weighted by atomic mass is 9.70. The fraction of sp³-hybridized carbons (Fsp3) is 0.522.